The van der Waals surface area contributed by atoms with E-state index in [9.17, 15) is 0 Å². The largest absolute Gasteiger partial charge is 0.245 e. The highest BCUT2D eigenvalue weighted by molar-refractivity contribution is 7.99. The topological polar surface area (TPSA) is 51.6 Å². The van der Waals surface area contributed by atoms with Crippen molar-refractivity contribution in [3.8, 4) is 0 Å². The van der Waals surface area contributed by atoms with E-state index in [1.807, 2.05) is 24.3 Å². The van der Waals surface area contributed by atoms with Crippen molar-refractivity contribution in [3.05, 3.63) is 48.1 Å². The van der Waals surface area contributed by atoms with Gasteiger partial charge in [-0.05, 0) is 17.8 Å². The summed E-state index contributed by atoms with van der Waals surface area (Å²) in [6, 6.07) is 7.81. The molecule has 6 heteroatoms. The molecule has 0 aliphatic heterocycles. The van der Waals surface area contributed by atoms with E-state index in [0.717, 1.165) is 15.9 Å². The Morgan fingerprint density at radius 1 is 0.889 bits per heavy atom. The third-order valence-electron chi connectivity index (χ3n) is 2.32. The molecule has 88 valence electrons. The van der Waals surface area contributed by atoms with E-state index in [1.165, 1.54) is 18.1 Å². The Bertz CT molecular complexity index is 699. The van der Waals surface area contributed by atoms with Gasteiger partial charge in [0.1, 0.15) is 16.4 Å². The molecule has 0 bridgehead atoms. The third kappa shape index (κ3) is 2.14. The Labute approximate surface area is 112 Å². The zero-order chi connectivity index (χ0) is 12.4. The SMILES string of the molecule is Clc1nccnc1Sc1ncnc2ccccc12. The molecule has 2 aromatic heterocycles. The molecule has 0 radical (unpaired) electrons. The quantitative estimate of drug-likeness (QED) is 0.672. The van der Waals surface area contributed by atoms with Gasteiger partial charge >= 0.3 is 0 Å². The highest BCUT2D eigenvalue weighted by atomic mass is 35.5. The van der Waals surface area contributed by atoms with Gasteiger partial charge < -0.3 is 0 Å². The van der Waals surface area contributed by atoms with Crippen LogP contribution in [0.3, 0.4) is 0 Å². The van der Waals surface area contributed by atoms with Crippen molar-refractivity contribution in [2.24, 2.45) is 0 Å². The molecule has 0 spiro atoms. The van der Waals surface area contributed by atoms with Gasteiger partial charge in [0.2, 0.25) is 0 Å². The maximum atomic E-state index is 5.99. The van der Waals surface area contributed by atoms with Crippen LogP contribution in [-0.4, -0.2) is 19.9 Å². The Morgan fingerprint density at radius 2 is 1.72 bits per heavy atom. The lowest BCUT2D eigenvalue weighted by Gasteiger charge is -2.04. The number of nitrogens with zero attached hydrogens (tertiary/aromatic N) is 4. The van der Waals surface area contributed by atoms with E-state index in [2.05, 4.69) is 19.9 Å². The van der Waals surface area contributed by atoms with Gasteiger partial charge in [-0.25, -0.2) is 19.9 Å². The van der Waals surface area contributed by atoms with Gasteiger partial charge in [-0.3, -0.25) is 0 Å². The molecule has 3 aromatic rings. The molecular weight excluding hydrogens is 268 g/mol. The maximum Gasteiger partial charge on any atom is 0.161 e. The lowest BCUT2D eigenvalue weighted by atomic mass is 10.2. The van der Waals surface area contributed by atoms with Crippen molar-refractivity contribution in [2.45, 2.75) is 10.1 Å². The molecule has 0 atom stereocenters. The Kier molecular flexibility index (Phi) is 3.08. The molecule has 0 saturated heterocycles. The summed E-state index contributed by atoms with van der Waals surface area (Å²) in [6.07, 6.45) is 4.71. The van der Waals surface area contributed by atoms with Crippen molar-refractivity contribution >= 4 is 34.3 Å². The van der Waals surface area contributed by atoms with Gasteiger partial charge in [0, 0.05) is 17.8 Å². The summed E-state index contributed by atoms with van der Waals surface area (Å²) in [5, 5.41) is 2.82. The highest BCUT2D eigenvalue weighted by Gasteiger charge is 2.09. The van der Waals surface area contributed by atoms with E-state index in [4.69, 9.17) is 11.6 Å². The van der Waals surface area contributed by atoms with Crippen LogP contribution in [0.2, 0.25) is 5.15 Å². The first-order valence-corrected chi connectivity index (χ1v) is 6.38. The summed E-state index contributed by atoms with van der Waals surface area (Å²) in [5.74, 6) is 0. The number of halogens is 1. The molecule has 3 rings (SSSR count). The lowest BCUT2D eigenvalue weighted by Crippen LogP contribution is -1.89. The van der Waals surface area contributed by atoms with Crippen LogP contribution >= 0.6 is 23.4 Å². The number of aromatic nitrogens is 4. The Balaban J connectivity index is 2.08. The summed E-state index contributed by atoms with van der Waals surface area (Å²) in [6.45, 7) is 0. The monoisotopic (exact) mass is 274 g/mol. The first kappa shape index (κ1) is 11.4. The van der Waals surface area contributed by atoms with E-state index in [1.54, 1.807) is 12.4 Å². The predicted molar refractivity (Wildman–Crippen MR) is 70.7 cm³/mol. The van der Waals surface area contributed by atoms with Gasteiger partial charge in [0.05, 0.1) is 5.52 Å². The molecule has 0 saturated carbocycles. The smallest absolute Gasteiger partial charge is 0.161 e. The minimum atomic E-state index is 0.380. The maximum absolute atomic E-state index is 5.99. The zero-order valence-corrected chi connectivity index (χ0v) is 10.7. The molecule has 0 aliphatic rings. The molecule has 0 unspecified atom stereocenters. The number of fused-ring (bicyclic) bond motifs is 1. The lowest BCUT2D eigenvalue weighted by molar-refractivity contribution is 1.04. The second-order valence-electron chi connectivity index (χ2n) is 3.45. The standard InChI is InChI=1S/C12H7ClN4S/c13-10-12(15-6-5-14-10)18-11-8-3-1-2-4-9(8)16-7-17-11/h1-7H. The van der Waals surface area contributed by atoms with Crippen LogP contribution in [0.25, 0.3) is 10.9 Å². The first-order valence-electron chi connectivity index (χ1n) is 5.19. The van der Waals surface area contributed by atoms with Crippen LogP contribution in [0.1, 0.15) is 0 Å². The fraction of sp³-hybridized carbons (Fsp3) is 0. The van der Waals surface area contributed by atoms with Crippen molar-refractivity contribution in [2.75, 3.05) is 0 Å². The van der Waals surface area contributed by atoms with Crippen LogP contribution in [0, 0.1) is 0 Å². The summed E-state index contributed by atoms with van der Waals surface area (Å²) in [5.41, 5.74) is 0.898. The third-order valence-corrected chi connectivity index (χ3v) is 3.72. The van der Waals surface area contributed by atoms with Crippen LogP contribution < -0.4 is 0 Å². The fourth-order valence-corrected chi connectivity index (χ4v) is 2.57. The molecule has 0 N–H and O–H groups in total. The molecule has 2 heterocycles. The van der Waals surface area contributed by atoms with Crippen LogP contribution in [0.4, 0.5) is 0 Å². The van der Waals surface area contributed by atoms with Crippen molar-refractivity contribution in [1.29, 1.82) is 0 Å². The molecule has 4 nitrogen and oxygen atoms in total. The Morgan fingerprint density at radius 3 is 2.61 bits per heavy atom. The van der Waals surface area contributed by atoms with E-state index in [-0.39, 0.29) is 0 Å². The number of benzene rings is 1. The molecule has 0 amide bonds. The number of hydrogen-bond donors (Lipinski definition) is 0. The summed E-state index contributed by atoms with van der Waals surface area (Å²) in [4.78, 5) is 16.7. The van der Waals surface area contributed by atoms with Gasteiger partial charge in [-0.1, -0.05) is 29.8 Å². The average Bonchev–Trinajstić information content (AvgIpc) is 2.42. The van der Waals surface area contributed by atoms with Gasteiger partial charge in [0.25, 0.3) is 0 Å². The molecule has 18 heavy (non-hydrogen) atoms. The summed E-state index contributed by atoms with van der Waals surface area (Å²) < 4.78 is 0. The van der Waals surface area contributed by atoms with E-state index in [0.29, 0.717) is 10.2 Å². The Hall–Kier alpha value is -1.72. The normalized spacial score (nSPS) is 10.7. The molecule has 0 aliphatic carbocycles. The minimum Gasteiger partial charge on any atom is -0.245 e. The average molecular weight is 275 g/mol. The second-order valence-corrected chi connectivity index (χ2v) is 4.79. The molecule has 0 fully saturated rings. The van der Waals surface area contributed by atoms with Crippen LogP contribution in [-0.2, 0) is 0 Å². The number of hydrogen-bond acceptors (Lipinski definition) is 5. The van der Waals surface area contributed by atoms with Gasteiger partial charge in [0.15, 0.2) is 5.15 Å². The predicted octanol–water partition coefficient (Wildman–Crippen LogP) is 3.22. The summed E-state index contributed by atoms with van der Waals surface area (Å²) in [7, 11) is 0. The number of rotatable bonds is 2. The van der Waals surface area contributed by atoms with Gasteiger partial charge in [-0.15, -0.1) is 0 Å². The van der Waals surface area contributed by atoms with Crippen molar-refractivity contribution in [3.63, 3.8) is 0 Å². The van der Waals surface area contributed by atoms with Crippen molar-refractivity contribution in [1.82, 2.24) is 19.9 Å². The van der Waals surface area contributed by atoms with E-state index < -0.39 is 0 Å². The molecular formula is C12H7ClN4S. The number of para-hydroxylation sites is 1. The van der Waals surface area contributed by atoms with Crippen LogP contribution in [0.15, 0.2) is 53.0 Å². The zero-order valence-electron chi connectivity index (χ0n) is 9.12. The second kappa shape index (κ2) is 4.88. The van der Waals surface area contributed by atoms with E-state index >= 15 is 0 Å². The minimum absolute atomic E-state index is 0.380. The highest BCUT2D eigenvalue weighted by Crippen LogP contribution is 2.32. The van der Waals surface area contributed by atoms with Gasteiger partial charge in [-0.2, -0.15) is 0 Å². The van der Waals surface area contributed by atoms with Crippen LogP contribution in [0.5, 0.6) is 0 Å². The fourth-order valence-electron chi connectivity index (χ4n) is 1.53. The first-order chi connectivity index (χ1) is 8.84. The molecule has 1 aromatic carbocycles. The van der Waals surface area contributed by atoms with Crippen molar-refractivity contribution < 1.29 is 0 Å². The summed E-state index contributed by atoms with van der Waals surface area (Å²) >= 11 is 7.37.